The van der Waals surface area contributed by atoms with E-state index in [1.54, 1.807) is 18.9 Å². The number of aromatic nitrogens is 2. The van der Waals surface area contributed by atoms with Crippen LogP contribution in [0, 0.1) is 6.92 Å². The summed E-state index contributed by atoms with van der Waals surface area (Å²) in [6.07, 6.45) is 0. The van der Waals surface area contributed by atoms with Gasteiger partial charge in [0.1, 0.15) is 4.90 Å². The molecule has 0 fully saturated rings. The molecule has 3 rings (SSSR count). The molecule has 0 aliphatic carbocycles. The molecular weight excluding hydrogens is 342 g/mol. The molecule has 122 valence electrons. The highest BCUT2D eigenvalue weighted by molar-refractivity contribution is 7.99. The first kappa shape index (κ1) is 16.6. The lowest BCUT2D eigenvalue weighted by molar-refractivity contribution is 0.387. The molecular formula is C18H16ClN3OS. The Labute approximate surface area is 150 Å². The van der Waals surface area contributed by atoms with Gasteiger partial charge in [-0.25, -0.2) is 4.98 Å². The van der Waals surface area contributed by atoms with Gasteiger partial charge in [-0.05, 0) is 31.2 Å². The lowest BCUT2D eigenvalue weighted by Gasteiger charge is -2.13. The molecule has 0 spiro atoms. The van der Waals surface area contributed by atoms with Crippen LogP contribution in [0.4, 0.5) is 5.95 Å². The molecule has 1 heterocycles. The number of hydrogen-bond donors (Lipinski definition) is 1. The number of anilines is 1. The molecule has 0 aliphatic rings. The molecule has 0 saturated carbocycles. The maximum Gasteiger partial charge on any atom is 0.233 e. The number of halogens is 1. The summed E-state index contributed by atoms with van der Waals surface area (Å²) in [5.74, 6) is 0.629. The molecule has 0 bridgehead atoms. The average Bonchev–Trinajstić information content (AvgIpc) is 2.57. The van der Waals surface area contributed by atoms with E-state index < -0.39 is 0 Å². The normalized spacial score (nSPS) is 10.6. The third-order valence-corrected chi connectivity index (χ3v) is 4.69. The summed E-state index contributed by atoms with van der Waals surface area (Å²) in [6, 6.07) is 15.7. The van der Waals surface area contributed by atoms with Crippen LogP contribution < -0.4 is 10.5 Å². The second kappa shape index (κ2) is 7.11. The van der Waals surface area contributed by atoms with E-state index in [0.717, 1.165) is 21.0 Å². The minimum absolute atomic E-state index is 0.172. The van der Waals surface area contributed by atoms with Crippen molar-refractivity contribution in [3.05, 3.63) is 59.1 Å². The molecule has 0 aliphatic heterocycles. The Morgan fingerprint density at radius 2 is 1.83 bits per heavy atom. The Kier molecular flexibility index (Phi) is 4.92. The highest BCUT2D eigenvalue weighted by Gasteiger charge is 2.17. The van der Waals surface area contributed by atoms with Crippen LogP contribution in [0.5, 0.6) is 5.88 Å². The molecule has 0 saturated heterocycles. The van der Waals surface area contributed by atoms with Gasteiger partial charge in [0.15, 0.2) is 0 Å². The van der Waals surface area contributed by atoms with E-state index in [0.29, 0.717) is 10.9 Å². The summed E-state index contributed by atoms with van der Waals surface area (Å²) >= 11 is 7.54. The Morgan fingerprint density at radius 3 is 2.50 bits per heavy atom. The molecule has 0 unspecified atom stereocenters. The van der Waals surface area contributed by atoms with Crippen LogP contribution in [0.3, 0.4) is 0 Å². The first-order valence-corrected chi connectivity index (χ1v) is 8.48. The lowest BCUT2D eigenvalue weighted by atomic mass is 10.1. The predicted molar refractivity (Wildman–Crippen MR) is 98.7 cm³/mol. The monoisotopic (exact) mass is 357 g/mol. The van der Waals surface area contributed by atoms with Crippen molar-refractivity contribution < 1.29 is 4.74 Å². The second-order valence-electron chi connectivity index (χ2n) is 5.19. The van der Waals surface area contributed by atoms with Gasteiger partial charge in [0.25, 0.3) is 0 Å². The van der Waals surface area contributed by atoms with Crippen molar-refractivity contribution in [1.82, 2.24) is 9.97 Å². The highest BCUT2D eigenvalue weighted by atomic mass is 35.5. The summed E-state index contributed by atoms with van der Waals surface area (Å²) < 4.78 is 5.44. The number of nitrogens with two attached hydrogens (primary N) is 1. The fourth-order valence-corrected chi connectivity index (χ4v) is 3.51. The molecule has 0 atom stereocenters. The quantitative estimate of drug-likeness (QED) is 0.723. The smallest absolute Gasteiger partial charge is 0.233 e. The van der Waals surface area contributed by atoms with E-state index in [-0.39, 0.29) is 5.95 Å². The van der Waals surface area contributed by atoms with Crippen LogP contribution in [0.2, 0.25) is 5.02 Å². The first-order valence-electron chi connectivity index (χ1n) is 7.29. The number of hydrogen-bond acceptors (Lipinski definition) is 5. The van der Waals surface area contributed by atoms with Crippen molar-refractivity contribution in [2.45, 2.75) is 16.7 Å². The molecule has 0 radical (unpaired) electrons. The Balaban J connectivity index is 2.13. The molecule has 0 amide bonds. The zero-order valence-corrected chi connectivity index (χ0v) is 14.9. The number of methoxy groups -OCH3 is 1. The van der Waals surface area contributed by atoms with Crippen molar-refractivity contribution in [1.29, 1.82) is 0 Å². The van der Waals surface area contributed by atoms with Crippen LogP contribution in [0.25, 0.3) is 11.3 Å². The molecule has 2 aromatic carbocycles. The Morgan fingerprint density at radius 1 is 1.08 bits per heavy atom. The van der Waals surface area contributed by atoms with Crippen LogP contribution in [-0.2, 0) is 0 Å². The van der Waals surface area contributed by atoms with Crippen molar-refractivity contribution >= 4 is 29.3 Å². The third kappa shape index (κ3) is 3.63. The number of benzene rings is 2. The van der Waals surface area contributed by atoms with Crippen molar-refractivity contribution in [2.24, 2.45) is 0 Å². The van der Waals surface area contributed by atoms with Gasteiger partial charge in [0, 0.05) is 15.5 Å². The third-order valence-electron chi connectivity index (χ3n) is 3.37. The predicted octanol–water partition coefficient (Wildman–Crippen LogP) is 4.85. The standard InChI is InChI=1S/C18H16ClN3OS/c1-11-4-3-5-14(10-11)24-16-15(12-6-8-13(19)9-7-12)21-18(20)22-17(16)23-2/h3-10H,1-2H3,(H2,20,21,22). The minimum atomic E-state index is 0.172. The number of nitrogen functional groups attached to an aromatic ring is 1. The van der Waals surface area contributed by atoms with Crippen molar-refractivity contribution in [3.63, 3.8) is 0 Å². The zero-order chi connectivity index (χ0) is 17.1. The fraction of sp³-hybridized carbons (Fsp3) is 0.111. The average molecular weight is 358 g/mol. The maximum atomic E-state index is 5.99. The van der Waals surface area contributed by atoms with E-state index in [1.807, 2.05) is 36.4 Å². The van der Waals surface area contributed by atoms with Gasteiger partial charge in [-0.2, -0.15) is 4.98 Å². The Bertz CT molecular complexity index is 869. The van der Waals surface area contributed by atoms with E-state index >= 15 is 0 Å². The van der Waals surface area contributed by atoms with Crippen LogP contribution >= 0.6 is 23.4 Å². The minimum Gasteiger partial charge on any atom is -0.480 e. The SMILES string of the molecule is COc1nc(N)nc(-c2ccc(Cl)cc2)c1Sc1cccc(C)c1. The zero-order valence-electron chi connectivity index (χ0n) is 13.3. The van der Waals surface area contributed by atoms with Crippen molar-refractivity contribution in [2.75, 3.05) is 12.8 Å². The van der Waals surface area contributed by atoms with Gasteiger partial charge in [-0.1, -0.05) is 53.2 Å². The number of rotatable bonds is 4. The first-order chi connectivity index (χ1) is 11.6. The summed E-state index contributed by atoms with van der Waals surface area (Å²) in [5.41, 5.74) is 8.66. The summed E-state index contributed by atoms with van der Waals surface area (Å²) in [4.78, 5) is 10.5. The summed E-state index contributed by atoms with van der Waals surface area (Å²) in [5, 5.41) is 0.667. The van der Waals surface area contributed by atoms with E-state index in [9.17, 15) is 0 Å². The summed E-state index contributed by atoms with van der Waals surface area (Å²) in [6.45, 7) is 2.06. The lowest BCUT2D eigenvalue weighted by Crippen LogP contribution is -2.02. The fourth-order valence-electron chi connectivity index (χ4n) is 2.28. The largest absolute Gasteiger partial charge is 0.480 e. The number of nitrogens with zero attached hydrogens (tertiary/aromatic N) is 2. The summed E-state index contributed by atoms with van der Waals surface area (Å²) in [7, 11) is 1.58. The van der Waals surface area contributed by atoms with Crippen molar-refractivity contribution in [3.8, 4) is 17.1 Å². The van der Waals surface area contributed by atoms with Crippen LogP contribution in [-0.4, -0.2) is 17.1 Å². The van der Waals surface area contributed by atoms with E-state index in [1.165, 1.54) is 5.56 Å². The van der Waals surface area contributed by atoms with E-state index in [4.69, 9.17) is 22.1 Å². The highest BCUT2D eigenvalue weighted by Crippen LogP contribution is 2.41. The molecule has 4 nitrogen and oxygen atoms in total. The van der Waals surface area contributed by atoms with Gasteiger partial charge in [0.2, 0.25) is 11.8 Å². The molecule has 2 N–H and O–H groups in total. The van der Waals surface area contributed by atoms with Crippen LogP contribution in [0.1, 0.15) is 5.56 Å². The Hall–Kier alpha value is -2.24. The number of aryl methyl sites for hydroxylation is 1. The van der Waals surface area contributed by atoms with Gasteiger partial charge in [-0.15, -0.1) is 0 Å². The topological polar surface area (TPSA) is 61.0 Å². The number of ether oxygens (including phenoxy) is 1. The van der Waals surface area contributed by atoms with Gasteiger partial charge < -0.3 is 10.5 Å². The molecule has 24 heavy (non-hydrogen) atoms. The molecule has 6 heteroatoms. The van der Waals surface area contributed by atoms with Crippen LogP contribution in [0.15, 0.2) is 58.3 Å². The van der Waals surface area contributed by atoms with Gasteiger partial charge in [0.05, 0.1) is 12.8 Å². The van der Waals surface area contributed by atoms with Gasteiger partial charge in [-0.3, -0.25) is 0 Å². The molecule has 3 aromatic rings. The molecule has 1 aromatic heterocycles. The maximum absolute atomic E-state index is 5.99. The second-order valence-corrected chi connectivity index (χ2v) is 6.71. The van der Waals surface area contributed by atoms with E-state index in [2.05, 4.69) is 29.0 Å². The van der Waals surface area contributed by atoms with Gasteiger partial charge >= 0.3 is 0 Å².